The maximum atomic E-state index is 13.2. The third-order valence-electron chi connectivity index (χ3n) is 4.67. The van der Waals surface area contributed by atoms with E-state index in [9.17, 15) is 14.0 Å². The second-order valence-corrected chi connectivity index (χ2v) is 6.85. The molecule has 0 heterocycles. The second-order valence-electron chi connectivity index (χ2n) is 6.85. The van der Waals surface area contributed by atoms with E-state index in [1.165, 1.54) is 12.1 Å². The summed E-state index contributed by atoms with van der Waals surface area (Å²) in [5.74, 6) is -0.537. The lowest BCUT2D eigenvalue weighted by Gasteiger charge is -2.30. The number of amides is 2. The van der Waals surface area contributed by atoms with Crippen LogP contribution in [0.5, 0.6) is 0 Å². The zero-order valence-electron chi connectivity index (χ0n) is 16.7. The predicted molar refractivity (Wildman–Crippen MR) is 109 cm³/mol. The summed E-state index contributed by atoms with van der Waals surface area (Å²) < 4.78 is 13.2. The van der Waals surface area contributed by atoms with E-state index >= 15 is 0 Å². The Hall–Kier alpha value is -2.69. The molecule has 0 saturated heterocycles. The highest BCUT2D eigenvalue weighted by Crippen LogP contribution is 2.15. The molecule has 0 aromatic heterocycles. The van der Waals surface area contributed by atoms with Gasteiger partial charge in [-0.2, -0.15) is 0 Å². The van der Waals surface area contributed by atoms with Crippen LogP contribution >= 0.6 is 0 Å². The lowest BCUT2D eigenvalue weighted by molar-refractivity contribution is -0.141. The van der Waals surface area contributed by atoms with Gasteiger partial charge in [-0.05, 0) is 42.5 Å². The largest absolute Gasteiger partial charge is 0.354 e. The van der Waals surface area contributed by atoms with Gasteiger partial charge in [0.2, 0.25) is 11.8 Å². The third kappa shape index (κ3) is 6.48. The number of nitrogens with one attached hydrogen (secondary N) is 1. The van der Waals surface area contributed by atoms with Crippen molar-refractivity contribution in [3.05, 3.63) is 71.5 Å². The van der Waals surface area contributed by atoms with E-state index in [1.54, 1.807) is 17.0 Å². The molecule has 0 fully saturated rings. The van der Waals surface area contributed by atoms with Crippen molar-refractivity contribution < 1.29 is 14.0 Å². The van der Waals surface area contributed by atoms with Crippen LogP contribution in [0.4, 0.5) is 4.39 Å². The lowest BCUT2D eigenvalue weighted by atomic mass is 10.1. The first-order valence-corrected chi connectivity index (χ1v) is 9.90. The Morgan fingerprint density at radius 3 is 2.29 bits per heavy atom. The highest BCUT2D eigenvalue weighted by molar-refractivity contribution is 5.87. The normalized spacial score (nSPS) is 11.7. The van der Waals surface area contributed by atoms with Gasteiger partial charge in [0, 0.05) is 19.5 Å². The molecule has 0 saturated carbocycles. The van der Waals surface area contributed by atoms with Gasteiger partial charge >= 0.3 is 0 Å². The van der Waals surface area contributed by atoms with Crippen molar-refractivity contribution in [3.63, 3.8) is 0 Å². The van der Waals surface area contributed by atoms with Gasteiger partial charge in [0.05, 0.1) is 0 Å². The molecule has 0 bridgehead atoms. The topological polar surface area (TPSA) is 49.4 Å². The molecule has 2 aromatic carbocycles. The number of benzene rings is 2. The molecular weight excluding hydrogens is 355 g/mol. The zero-order chi connectivity index (χ0) is 20.4. The van der Waals surface area contributed by atoms with Crippen molar-refractivity contribution in [3.8, 4) is 0 Å². The summed E-state index contributed by atoms with van der Waals surface area (Å²) in [4.78, 5) is 27.3. The highest BCUT2D eigenvalue weighted by atomic mass is 19.1. The molecule has 1 unspecified atom stereocenters. The number of aryl methyl sites for hydroxylation is 1. The molecule has 1 N–H and O–H groups in total. The highest BCUT2D eigenvalue weighted by Gasteiger charge is 2.28. The molecule has 0 aliphatic rings. The Labute approximate surface area is 166 Å². The van der Waals surface area contributed by atoms with Crippen molar-refractivity contribution in [2.75, 3.05) is 6.54 Å². The van der Waals surface area contributed by atoms with Crippen molar-refractivity contribution in [2.45, 2.75) is 52.1 Å². The van der Waals surface area contributed by atoms with E-state index < -0.39 is 6.04 Å². The van der Waals surface area contributed by atoms with Crippen molar-refractivity contribution in [1.82, 2.24) is 10.2 Å². The van der Waals surface area contributed by atoms with Crippen LogP contribution in [0, 0.1) is 5.82 Å². The molecule has 0 aliphatic heterocycles. The Morgan fingerprint density at radius 2 is 1.68 bits per heavy atom. The maximum Gasteiger partial charge on any atom is 0.242 e. The molecule has 150 valence electrons. The molecule has 0 aliphatic carbocycles. The van der Waals surface area contributed by atoms with Crippen LogP contribution in [0.25, 0.3) is 0 Å². The molecule has 4 nitrogen and oxygen atoms in total. The monoisotopic (exact) mass is 384 g/mol. The Balaban J connectivity index is 2.16. The molecule has 5 heteroatoms. The quantitative estimate of drug-likeness (QED) is 0.671. The fourth-order valence-electron chi connectivity index (χ4n) is 3.11. The second kappa shape index (κ2) is 11.2. The minimum Gasteiger partial charge on any atom is -0.354 e. The Bertz CT molecular complexity index is 747. The first-order chi connectivity index (χ1) is 13.5. The minimum absolute atomic E-state index is 0.0772. The number of rotatable bonds is 10. The zero-order valence-corrected chi connectivity index (χ0v) is 16.7. The van der Waals surface area contributed by atoms with Gasteiger partial charge in [-0.3, -0.25) is 9.59 Å². The molecule has 2 rings (SSSR count). The number of nitrogens with zero attached hydrogens (tertiary/aromatic N) is 1. The number of hydrogen-bond acceptors (Lipinski definition) is 2. The van der Waals surface area contributed by atoms with Crippen LogP contribution in [0.15, 0.2) is 54.6 Å². The van der Waals surface area contributed by atoms with Crippen molar-refractivity contribution in [2.24, 2.45) is 0 Å². The average Bonchev–Trinajstić information content (AvgIpc) is 2.72. The first-order valence-electron chi connectivity index (χ1n) is 9.90. The fraction of sp³-hybridized carbons (Fsp3) is 0.391. The van der Waals surface area contributed by atoms with E-state index in [-0.39, 0.29) is 24.2 Å². The van der Waals surface area contributed by atoms with Crippen LogP contribution in [0.2, 0.25) is 0 Å². The predicted octanol–water partition coefficient (Wildman–Crippen LogP) is 4.09. The molecule has 0 radical (unpaired) electrons. The Morgan fingerprint density at radius 1 is 1.00 bits per heavy atom. The number of carbonyl (C=O) groups is 2. The maximum absolute atomic E-state index is 13.2. The summed E-state index contributed by atoms with van der Waals surface area (Å²) in [6.07, 6.45) is 2.30. The minimum atomic E-state index is -0.542. The summed E-state index contributed by atoms with van der Waals surface area (Å²) in [5, 5.41) is 2.89. The van der Waals surface area contributed by atoms with Crippen molar-refractivity contribution in [1.29, 1.82) is 0 Å². The van der Waals surface area contributed by atoms with Gasteiger partial charge in [-0.1, -0.05) is 56.3 Å². The molecule has 1 atom stereocenters. The molecule has 28 heavy (non-hydrogen) atoms. The van der Waals surface area contributed by atoms with Gasteiger partial charge in [-0.15, -0.1) is 0 Å². The lowest BCUT2D eigenvalue weighted by Crippen LogP contribution is -2.49. The average molecular weight is 384 g/mol. The summed E-state index contributed by atoms with van der Waals surface area (Å²) in [6.45, 7) is 4.75. The Kier molecular flexibility index (Phi) is 8.66. The van der Waals surface area contributed by atoms with Gasteiger partial charge in [0.15, 0.2) is 0 Å². The van der Waals surface area contributed by atoms with Crippen LogP contribution in [0.3, 0.4) is 0 Å². The fourth-order valence-corrected chi connectivity index (χ4v) is 3.11. The van der Waals surface area contributed by atoms with Gasteiger partial charge < -0.3 is 10.2 Å². The number of carbonyl (C=O) groups excluding carboxylic acids is 2. The van der Waals surface area contributed by atoms with E-state index in [2.05, 4.69) is 5.32 Å². The number of hydrogen-bond donors (Lipinski definition) is 1. The molecule has 2 aromatic rings. The van der Waals surface area contributed by atoms with Crippen LogP contribution in [-0.2, 0) is 22.6 Å². The summed E-state index contributed by atoms with van der Waals surface area (Å²) in [5.41, 5.74) is 1.89. The van der Waals surface area contributed by atoms with Gasteiger partial charge in [0.25, 0.3) is 0 Å². The van der Waals surface area contributed by atoms with Crippen molar-refractivity contribution >= 4 is 11.8 Å². The first kappa shape index (κ1) is 21.6. The molecule has 0 spiro atoms. The van der Waals surface area contributed by atoms with E-state index in [0.717, 1.165) is 17.5 Å². The standard InChI is InChI=1S/C23H29FN2O2/c1-3-16-25-23(28)21(4-2)26(17-19-10-13-20(24)14-11-19)22(27)15-12-18-8-6-5-7-9-18/h5-11,13-14,21H,3-4,12,15-17H2,1-2H3,(H,25,28). The van der Waals surface area contributed by atoms with Crippen LogP contribution in [-0.4, -0.2) is 29.3 Å². The van der Waals surface area contributed by atoms with E-state index in [0.29, 0.717) is 25.8 Å². The molecule has 2 amide bonds. The summed E-state index contributed by atoms with van der Waals surface area (Å²) in [7, 11) is 0. The molecular formula is C23H29FN2O2. The van der Waals surface area contributed by atoms with Gasteiger partial charge in [-0.25, -0.2) is 4.39 Å². The number of halogens is 1. The van der Waals surface area contributed by atoms with Gasteiger partial charge in [0.1, 0.15) is 11.9 Å². The van der Waals surface area contributed by atoms with E-state index in [1.807, 2.05) is 44.2 Å². The van der Waals surface area contributed by atoms with Crippen LogP contribution in [0.1, 0.15) is 44.2 Å². The summed E-state index contributed by atoms with van der Waals surface area (Å²) in [6, 6.07) is 15.3. The smallest absolute Gasteiger partial charge is 0.242 e. The summed E-state index contributed by atoms with van der Waals surface area (Å²) >= 11 is 0. The third-order valence-corrected chi connectivity index (χ3v) is 4.67. The van der Waals surface area contributed by atoms with E-state index in [4.69, 9.17) is 0 Å². The van der Waals surface area contributed by atoms with Crippen LogP contribution < -0.4 is 5.32 Å². The SMILES string of the molecule is CCCNC(=O)C(CC)N(Cc1ccc(F)cc1)C(=O)CCc1ccccc1.